The van der Waals surface area contributed by atoms with E-state index in [0.717, 1.165) is 19.3 Å². The molecule has 6 N–H and O–H groups in total. The fraction of sp³-hybridized carbons (Fsp3) is 1.00. The molecule has 0 amide bonds. The second-order valence-electron chi connectivity index (χ2n) is 14.3. The van der Waals surface area contributed by atoms with Gasteiger partial charge in [0.05, 0.1) is 0 Å². The Morgan fingerprint density at radius 3 is 1.07 bits per heavy atom. The molecule has 0 aromatic heterocycles. The molecule has 0 bridgehead atoms. The molecule has 0 saturated carbocycles. The first-order valence-corrected chi connectivity index (χ1v) is 11.3. The summed E-state index contributed by atoms with van der Waals surface area (Å²) in [5, 5.41) is 0. The lowest BCUT2D eigenvalue weighted by Gasteiger charge is -2.46. The lowest BCUT2D eigenvalue weighted by Crippen LogP contribution is -2.43. The van der Waals surface area contributed by atoms with E-state index in [9.17, 15) is 0 Å². The van der Waals surface area contributed by atoms with Gasteiger partial charge in [-0.15, -0.1) is 0 Å². The molecule has 1 atom stereocenters. The van der Waals surface area contributed by atoms with Crippen molar-refractivity contribution in [3.8, 4) is 0 Å². The van der Waals surface area contributed by atoms with E-state index in [-0.39, 0.29) is 32.9 Å². The minimum absolute atomic E-state index is 0.121. The van der Waals surface area contributed by atoms with Crippen molar-refractivity contribution in [2.75, 3.05) is 0 Å². The van der Waals surface area contributed by atoms with Crippen molar-refractivity contribution >= 4 is 0 Å². The van der Waals surface area contributed by atoms with Gasteiger partial charge in [-0.3, -0.25) is 0 Å². The fourth-order valence-corrected chi connectivity index (χ4v) is 6.92. The van der Waals surface area contributed by atoms with Gasteiger partial charge >= 0.3 is 0 Å². The first-order valence-electron chi connectivity index (χ1n) is 11.3. The molecule has 3 heteroatoms. The normalized spacial score (nSPS) is 16.4. The topological polar surface area (TPSA) is 78.1 Å². The van der Waals surface area contributed by atoms with Crippen molar-refractivity contribution in [2.45, 2.75) is 138 Å². The van der Waals surface area contributed by atoms with E-state index in [2.05, 4.69) is 83.1 Å². The van der Waals surface area contributed by atoms with Gasteiger partial charge in [0, 0.05) is 16.6 Å². The molecule has 1 unspecified atom stereocenters. The SMILES string of the molecule is CC(CC(C)(C)N)CC(C)(CC(C)(C)CC(C)(C)N)CC(C)(C)CC(C)(C)N. The van der Waals surface area contributed by atoms with Crippen molar-refractivity contribution in [1.82, 2.24) is 0 Å². The van der Waals surface area contributed by atoms with Crippen LogP contribution in [0.1, 0.15) is 122 Å². The van der Waals surface area contributed by atoms with Crippen molar-refractivity contribution in [1.29, 1.82) is 0 Å². The molecule has 0 aliphatic carbocycles. The second kappa shape index (κ2) is 8.94. The lowest BCUT2D eigenvalue weighted by atomic mass is 9.60. The monoisotopic (exact) mass is 397 g/mol. The van der Waals surface area contributed by atoms with Crippen molar-refractivity contribution < 1.29 is 0 Å². The fourth-order valence-electron chi connectivity index (χ4n) is 6.92. The predicted octanol–water partition coefficient (Wildman–Crippen LogP) is 6.23. The number of hydrogen-bond donors (Lipinski definition) is 3. The lowest BCUT2D eigenvalue weighted by molar-refractivity contribution is 0.0565. The van der Waals surface area contributed by atoms with Gasteiger partial charge in [0.2, 0.25) is 0 Å². The van der Waals surface area contributed by atoms with Crippen molar-refractivity contribution in [2.24, 2.45) is 39.4 Å². The van der Waals surface area contributed by atoms with Gasteiger partial charge in [-0.2, -0.15) is 0 Å². The van der Waals surface area contributed by atoms with Crippen LogP contribution >= 0.6 is 0 Å². The number of hydrogen-bond acceptors (Lipinski definition) is 3. The highest BCUT2D eigenvalue weighted by molar-refractivity contribution is 4.94. The zero-order chi connectivity index (χ0) is 22.8. The molecule has 0 saturated heterocycles. The van der Waals surface area contributed by atoms with Crippen molar-refractivity contribution in [3.63, 3.8) is 0 Å². The van der Waals surface area contributed by atoms with Crippen LogP contribution in [0.4, 0.5) is 0 Å². The summed E-state index contributed by atoms with van der Waals surface area (Å²) >= 11 is 0. The van der Waals surface area contributed by atoms with Crippen LogP contribution in [0.25, 0.3) is 0 Å². The maximum absolute atomic E-state index is 6.40. The molecule has 0 rings (SSSR count). The van der Waals surface area contributed by atoms with Crippen LogP contribution in [-0.2, 0) is 0 Å². The highest BCUT2D eigenvalue weighted by Gasteiger charge is 2.40. The Morgan fingerprint density at radius 1 is 0.500 bits per heavy atom. The molecule has 0 aliphatic rings. The molecule has 3 nitrogen and oxygen atoms in total. The standard InChI is InChI=1S/C25H55N3/c1-19(13-22(6,7)26)14-25(12,17-20(2,3)15-23(8,9)27)18-21(4,5)16-24(10,11)28/h19H,13-18,26-28H2,1-12H3. The van der Waals surface area contributed by atoms with E-state index in [1.165, 1.54) is 19.3 Å². The summed E-state index contributed by atoms with van der Waals surface area (Å²) in [7, 11) is 0. The zero-order valence-electron chi connectivity index (χ0n) is 21.6. The Bertz CT molecular complexity index is 439. The molecular formula is C25H55N3. The largest absolute Gasteiger partial charge is 0.326 e. The Kier molecular flexibility index (Phi) is 8.90. The predicted molar refractivity (Wildman–Crippen MR) is 127 cm³/mol. The number of rotatable bonds is 12. The summed E-state index contributed by atoms with van der Waals surface area (Å²) in [4.78, 5) is 0. The molecule has 0 aliphatic heterocycles. The van der Waals surface area contributed by atoms with E-state index < -0.39 is 0 Å². The molecule has 0 radical (unpaired) electrons. The maximum Gasteiger partial charge on any atom is 0.0102 e. The number of nitrogens with two attached hydrogens (primary N) is 3. The second-order valence-corrected chi connectivity index (χ2v) is 14.3. The van der Waals surface area contributed by atoms with E-state index in [4.69, 9.17) is 17.2 Å². The summed E-state index contributed by atoms with van der Waals surface area (Å²) in [5.41, 5.74) is 19.3. The molecular weight excluding hydrogens is 342 g/mol. The van der Waals surface area contributed by atoms with Crippen LogP contribution in [0.5, 0.6) is 0 Å². The third-order valence-corrected chi connectivity index (χ3v) is 5.39. The van der Waals surface area contributed by atoms with Gasteiger partial charge in [0.1, 0.15) is 0 Å². The molecule has 0 fully saturated rings. The summed E-state index contributed by atoms with van der Waals surface area (Å²) in [6.07, 6.45) is 6.63. The van der Waals surface area contributed by atoms with E-state index in [1.807, 2.05) is 0 Å². The van der Waals surface area contributed by atoms with Crippen LogP contribution in [0, 0.1) is 22.2 Å². The summed E-state index contributed by atoms with van der Waals surface area (Å²) < 4.78 is 0. The van der Waals surface area contributed by atoms with Crippen LogP contribution in [0.2, 0.25) is 0 Å². The molecule has 0 aromatic rings. The summed E-state index contributed by atoms with van der Waals surface area (Å²) in [6.45, 7) is 27.3. The van der Waals surface area contributed by atoms with E-state index in [1.54, 1.807) is 0 Å². The van der Waals surface area contributed by atoms with E-state index >= 15 is 0 Å². The quantitative estimate of drug-likeness (QED) is 0.365. The smallest absolute Gasteiger partial charge is 0.0102 e. The van der Waals surface area contributed by atoms with Crippen molar-refractivity contribution in [3.05, 3.63) is 0 Å². The molecule has 0 aromatic carbocycles. The highest BCUT2D eigenvalue weighted by Crippen LogP contribution is 2.50. The third-order valence-electron chi connectivity index (χ3n) is 5.39. The average molecular weight is 398 g/mol. The Labute approximate surface area is 178 Å². The summed E-state index contributed by atoms with van der Waals surface area (Å²) in [5.74, 6) is 0.591. The van der Waals surface area contributed by atoms with Gasteiger partial charge in [-0.1, -0.05) is 41.5 Å². The zero-order valence-corrected chi connectivity index (χ0v) is 21.6. The van der Waals surface area contributed by atoms with Crippen LogP contribution in [-0.4, -0.2) is 16.6 Å². The van der Waals surface area contributed by atoms with Gasteiger partial charge in [0.25, 0.3) is 0 Å². The average Bonchev–Trinajstić information content (AvgIpc) is 2.12. The Morgan fingerprint density at radius 2 is 0.821 bits per heavy atom. The van der Waals surface area contributed by atoms with Gasteiger partial charge in [0.15, 0.2) is 0 Å². The first-order chi connectivity index (χ1) is 11.9. The van der Waals surface area contributed by atoms with Crippen LogP contribution in [0.15, 0.2) is 0 Å². The van der Waals surface area contributed by atoms with Gasteiger partial charge < -0.3 is 17.2 Å². The Hall–Kier alpha value is -0.120. The minimum atomic E-state index is -0.149. The van der Waals surface area contributed by atoms with E-state index in [0.29, 0.717) is 5.92 Å². The molecule has 0 spiro atoms. The minimum Gasteiger partial charge on any atom is -0.326 e. The van der Waals surface area contributed by atoms with Gasteiger partial charge in [-0.25, -0.2) is 0 Å². The van der Waals surface area contributed by atoms with Gasteiger partial charge in [-0.05, 0) is 102 Å². The Balaban J connectivity index is 5.63. The summed E-state index contributed by atoms with van der Waals surface area (Å²) in [6, 6.07) is 0. The highest BCUT2D eigenvalue weighted by atomic mass is 14.7. The van der Waals surface area contributed by atoms with Crippen LogP contribution < -0.4 is 17.2 Å². The molecule has 0 heterocycles. The molecule has 170 valence electrons. The maximum atomic E-state index is 6.40. The first kappa shape index (κ1) is 27.9. The van der Waals surface area contributed by atoms with Crippen LogP contribution in [0.3, 0.4) is 0 Å². The molecule has 28 heavy (non-hydrogen) atoms. The third kappa shape index (κ3) is 14.0.